The molecule has 0 spiro atoms. The van der Waals surface area contributed by atoms with Gasteiger partial charge in [-0.1, -0.05) is 25.2 Å². The first-order valence-electron chi connectivity index (χ1n) is 3.73. The number of hydrogen-bond donors (Lipinski definition) is 0. The summed E-state index contributed by atoms with van der Waals surface area (Å²) in [6.45, 7) is 3.76. The zero-order chi connectivity index (χ0) is 9.35. The monoisotopic (exact) mass is 204 g/mol. The fraction of sp³-hybridized carbons (Fsp3) is 0.444. The van der Waals surface area contributed by atoms with Gasteiger partial charge in [-0.15, -0.1) is 11.6 Å². The Hall–Kier alpha value is -0.270. The first-order chi connectivity index (χ1) is 5.45. The molecule has 2 unspecified atom stereocenters. The van der Waals surface area contributed by atoms with E-state index in [0.29, 0.717) is 5.57 Å². The summed E-state index contributed by atoms with van der Waals surface area (Å²) >= 11 is 11.5. The predicted molar refractivity (Wildman–Crippen MR) is 51.5 cm³/mol. The van der Waals surface area contributed by atoms with Gasteiger partial charge in [-0.25, -0.2) is 0 Å². The predicted octanol–water partition coefficient (Wildman–Crippen LogP) is 2.88. The van der Waals surface area contributed by atoms with Crippen LogP contribution in [0.3, 0.4) is 0 Å². The van der Waals surface area contributed by atoms with Crippen LogP contribution >= 0.6 is 23.2 Å². The van der Waals surface area contributed by atoms with Crippen LogP contribution in [0.25, 0.3) is 0 Å². The molecule has 1 rings (SSSR count). The molecule has 0 aromatic carbocycles. The lowest BCUT2D eigenvalue weighted by molar-refractivity contribution is -0.109. The number of carbonyl (C=O) groups is 1. The van der Waals surface area contributed by atoms with E-state index in [2.05, 4.69) is 0 Å². The minimum absolute atomic E-state index is 0.0332. The minimum Gasteiger partial charge on any atom is -0.276 e. The molecule has 0 aromatic rings. The fourth-order valence-corrected chi connectivity index (χ4v) is 1.59. The van der Waals surface area contributed by atoms with Crippen molar-refractivity contribution < 1.29 is 4.79 Å². The second kappa shape index (κ2) is 3.23. The van der Waals surface area contributed by atoms with Gasteiger partial charge in [-0.2, -0.15) is 0 Å². The van der Waals surface area contributed by atoms with E-state index in [1.807, 2.05) is 19.9 Å². The average molecular weight is 205 g/mol. The van der Waals surface area contributed by atoms with E-state index in [-0.39, 0.29) is 5.92 Å². The van der Waals surface area contributed by atoms with Crippen LogP contribution in [0.1, 0.15) is 13.8 Å². The molecule has 0 amide bonds. The molecule has 66 valence electrons. The Kier molecular flexibility index (Phi) is 2.64. The lowest BCUT2D eigenvalue weighted by Crippen LogP contribution is -2.29. The molecule has 0 saturated heterocycles. The summed E-state index contributed by atoms with van der Waals surface area (Å²) in [6, 6.07) is 0. The molecule has 0 aromatic heterocycles. The van der Waals surface area contributed by atoms with E-state index < -0.39 is 10.1 Å². The lowest BCUT2D eigenvalue weighted by atomic mass is 9.84. The molecule has 2 atom stereocenters. The van der Waals surface area contributed by atoms with E-state index >= 15 is 0 Å². The second-order valence-electron chi connectivity index (χ2n) is 3.13. The number of rotatable bonds is 1. The molecule has 0 saturated carbocycles. The SMILES string of the molecule is CC1C(C(=O)Cl)=CC=CC1(C)Cl. The second-order valence-corrected chi connectivity index (χ2v) is 4.29. The Balaban J connectivity index is 2.99. The third-order valence-electron chi connectivity index (χ3n) is 2.24. The van der Waals surface area contributed by atoms with Crippen molar-refractivity contribution in [2.75, 3.05) is 0 Å². The number of halogens is 2. The molecule has 12 heavy (non-hydrogen) atoms. The first kappa shape index (κ1) is 9.82. The zero-order valence-corrected chi connectivity index (χ0v) is 8.49. The number of hydrogen-bond acceptors (Lipinski definition) is 1. The van der Waals surface area contributed by atoms with Crippen molar-refractivity contribution in [2.45, 2.75) is 18.7 Å². The largest absolute Gasteiger partial charge is 0.276 e. The Morgan fingerprint density at radius 2 is 2.25 bits per heavy atom. The van der Waals surface area contributed by atoms with Crippen LogP contribution in [0.2, 0.25) is 0 Å². The quantitative estimate of drug-likeness (QED) is 0.475. The van der Waals surface area contributed by atoms with Crippen molar-refractivity contribution >= 4 is 28.4 Å². The fourth-order valence-electron chi connectivity index (χ4n) is 1.17. The Morgan fingerprint density at radius 3 is 2.67 bits per heavy atom. The van der Waals surface area contributed by atoms with Gasteiger partial charge in [-0.05, 0) is 18.5 Å². The Labute approximate surface area is 82.0 Å². The van der Waals surface area contributed by atoms with Crippen LogP contribution in [-0.4, -0.2) is 10.1 Å². The summed E-state index contributed by atoms with van der Waals surface area (Å²) in [5, 5.41) is -0.418. The third kappa shape index (κ3) is 1.73. The highest BCUT2D eigenvalue weighted by molar-refractivity contribution is 6.67. The molecule has 0 N–H and O–H groups in total. The summed E-state index contributed by atoms with van der Waals surface area (Å²) in [4.78, 5) is 10.4. The van der Waals surface area contributed by atoms with Crippen molar-refractivity contribution in [1.82, 2.24) is 0 Å². The van der Waals surface area contributed by atoms with Gasteiger partial charge in [0.25, 0.3) is 0 Å². The maximum Gasteiger partial charge on any atom is 0.248 e. The third-order valence-corrected chi connectivity index (χ3v) is 2.91. The summed E-state index contributed by atoms with van der Waals surface area (Å²) in [5.41, 5.74) is 0.580. The van der Waals surface area contributed by atoms with Crippen LogP contribution in [-0.2, 0) is 4.79 Å². The molecule has 0 bridgehead atoms. The normalized spacial score (nSPS) is 34.7. The molecule has 1 nitrogen and oxygen atoms in total. The van der Waals surface area contributed by atoms with Gasteiger partial charge >= 0.3 is 0 Å². The van der Waals surface area contributed by atoms with Gasteiger partial charge in [-0.3, -0.25) is 4.79 Å². The van der Waals surface area contributed by atoms with Gasteiger partial charge < -0.3 is 0 Å². The molecule has 3 heteroatoms. The molecule has 0 aliphatic heterocycles. The van der Waals surface area contributed by atoms with Crippen LogP contribution < -0.4 is 0 Å². The van der Waals surface area contributed by atoms with Crippen LogP contribution in [0, 0.1) is 5.92 Å². The topological polar surface area (TPSA) is 17.1 Å². The smallest absolute Gasteiger partial charge is 0.248 e. The van der Waals surface area contributed by atoms with E-state index in [1.165, 1.54) is 0 Å². The van der Waals surface area contributed by atoms with Crippen LogP contribution in [0.5, 0.6) is 0 Å². The Morgan fingerprint density at radius 1 is 1.67 bits per heavy atom. The number of alkyl halides is 1. The van der Waals surface area contributed by atoms with E-state index in [1.54, 1.807) is 12.2 Å². The maximum atomic E-state index is 10.9. The van der Waals surface area contributed by atoms with Gasteiger partial charge in [0.05, 0.1) is 4.87 Å². The van der Waals surface area contributed by atoms with Crippen molar-refractivity contribution in [3.8, 4) is 0 Å². The summed E-state index contributed by atoms with van der Waals surface area (Å²) in [5.74, 6) is -0.0332. The van der Waals surface area contributed by atoms with Crippen molar-refractivity contribution in [2.24, 2.45) is 5.92 Å². The van der Waals surface area contributed by atoms with E-state index in [4.69, 9.17) is 23.2 Å². The molecular formula is C9H10Cl2O. The first-order valence-corrected chi connectivity index (χ1v) is 4.49. The molecule has 0 radical (unpaired) electrons. The molecule has 1 aliphatic carbocycles. The van der Waals surface area contributed by atoms with Crippen LogP contribution in [0.15, 0.2) is 23.8 Å². The van der Waals surface area contributed by atoms with Gasteiger partial charge in [0.2, 0.25) is 5.24 Å². The maximum absolute atomic E-state index is 10.9. The van der Waals surface area contributed by atoms with E-state index in [9.17, 15) is 4.79 Å². The van der Waals surface area contributed by atoms with Gasteiger partial charge in [0, 0.05) is 11.5 Å². The van der Waals surface area contributed by atoms with Crippen molar-refractivity contribution in [1.29, 1.82) is 0 Å². The highest BCUT2D eigenvalue weighted by Crippen LogP contribution is 2.35. The Bertz CT molecular complexity index is 264. The summed E-state index contributed by atoms with van der Waals surface area (Å²) < 4.78 is 0. The summed E-state index contributed by atoms with van der Waals surface area (Å²) in [7, 11) is 0. The minimum atomic E-state index is -0.491. The average Bonchev–Trinajstić information content (AvgIpc) is 1.94. The molecule has 0 fully saturated rings. The number of carbonyl (C=O) groups excluding carboxylic acids is 1. The summed E-state index contributed by atoms with van der Waals surface area (Å²) in [6.07, 6.45) is 5.34. The van der Waals surface area contributed by atoms with Gasteiger partial charge in [0.15, 0.2) is 0 Å². The van der Waals surface area contributed by atoms with Crippen molar-refractivity contribution in [3.05, 3.63) is 23.8 Å². The highest BCUT2D eigenvalue weighted by Gasteiger charge is 2.32. The van der Waals surface area contributed by atoms with Gasteiger partial charge in [0.1, 0.15) is 0 Å². The molecule has 0 heterocycles. The standard InChI is InChI=1S/C9H10Cl2O/c1-6-7(8(10)12)4-3-5-9(6,2)11/h3-6H,1-2H3. The number of allylic oxidation sites excluding steroid dienone is 4. The zero-order valence-electron chi connectivity index (χ0n) is 6.97. The van der Waals surface area contributed by atoms with E-state index in [0.717, 1.165) is 0 Å². The molecule has 1 aliphatic rings. The van der Waals surface area contributed by atoms with Crippen LogP contribution in [0.4, 0.5) is 0 Å². The lowest BCUT2D eigenvalue weighted by Gasteiger charge is -2.29. The highest BCUT2D eigenvalue weighted by atomic mass is 35.5. The van der Waals surface area contributed by atoms with Crippen molar-refractivity contribution in [3.63, 3.8) is 0 Å². The molecular weight excluding hydrogens is 195 g/mol.